The van der Waals surface area contributed by atoms with Crippen LogP contribution in [0.4, 0.5) is 5.69 Å². The van der Waals surface area contributed by atoms with Gasteiger partial charge in [-0.15, -0.1) is 0 Å². The summed E-state index contributed by atoms with van der Waals surface area (Å²) in [6.45, 7) is 10.1. The second kappa shape index (κ2) is 6.55. The minimum Gasteiger partial charge on any atom is -0.493 e. The third kappa shape index (κ3) is 3.59. The van der Waals surface area contributed by atoms with Crippen LogP contribution in [0, 0.1) is 5.41 Å². The zero-order valence-electron chi connectivity index (χ0n) is 12.9. The highest BCUT2D eigenvalue weighted by molar-refractivity contribution is 5.99. The van der Waals surface area contributed by atoms with E-state index in [9.17, 15) is 9.59 Å². The molecule has 110 valence electrons. The van der Waals surface area contributed by atoms with Gasteiger partial charge in [-0.05, 0) is 11.6 Å². The van der Waals surface area contributed by atoms with E-state index in [1.807, 2.05) is 34.6 Å². The fourth-order valence-corrected chi connectivity index (χ4v) is 1.76. The Balaban J connectivity index is 0.000000956. The summed E-state index contributed by atoms with van der Waals surface area (Å²) in [6.07, 6.45) is 1.57. The van der Waals surface area contributed by atoms with E-state index in [4.69, 9.17) is 4.74 Å². The Morgan fingerprint density at radius 2 is 1.95 bits per heavy atom. The van der Waals surface area contributed by atoms with E-state index in [1.165, 1.54) is 0 Å². The maximum absolute atomic E-state index is 11.9. The highest BCUT2D eigenvalue weighted by atomic mass is 16.5. The Morgan fingerprint density at radius 3 is 2.50 bits per heavy atom. The van der Waals surface area contributed by atoms with Crippen LogP contribution in [-0.2, 0) is 11.2 Å². The van der Waals surface area contributed by atoms with E-state index < -0.39 is 5.41 Å². The summed E-state index contributed by atoms with van der Waals surface area (Å²) in [5.74, 6) is 0.633. The number of benzene rings is 1. The first-order valence-corrected chi connectivity index (χ1v) is 6.98. The molecule has 0 fully saturated rings. The van der Waals surface area contributed by atoms with Crippen LogP contribution in [0.25, 0.3) is 0 Å². The van der Waals surface area contributed by atoms with E-state index in [0.29, 0.717) is 17.9 Å². The molecule has 1 aliphatic heterocycles. The van der Waals surface area contributed by atoms with Crippen LogP contribution < -0.4 is 10.1 Å². The normalized spacial score (nSPS) is 12.7. The minimum absolute atomic E-state index is 0.122. The molecule has 20 heavy (non-hydrogen) atoms. The molecule has 0 atom stereocenters. The van der Waals surface area contributed by atoms with Crippen molar-refractivity contribution in [2.24, 2.45) is 5.41 Å². The smallest absolute Gasteiger partial charge is 0.229 e. The van der Waals surface area contributed by atoms with Crippen molar-refractivity contribution in [1.82, 2.24) is 0 Å². The summed E-state index contributed by atoms with van der Waals surface area (Å²) in [5, 5.41) is 2.78. The van der Waals surface area contributed by atoms with Crippen molar-refractivity contribution in [3.63, 3.8) is 0 Å². The summed E-state index contributed by atoms with van der Waals surface area (Å²) < 4.78 is 5.44. The summed E-state index contributed by atoms with van der Waals surface area (Å²) in [4.78, 5) is 23.0. The maximum Gasteiger partial charge on any atom is 0.229 e. The number of hydrogen-bond donors (Lipinski definition) is 1. The summed E-state index contributed by atoms with van der Waals surface area (Å²) >= 11 is 0. The molecule has 0 radical (unpaired) electrons. The number of hydrogen-bond acceptors (Lipinski definition) is 3. The molecule has 0 aromatic heterocycles. The Hall–Kier alpha value is -1.84. The second-order valence-corrected chi connectivity index (χ2v) is 5.47. The first-order valence-electron chi connectivity index (χ1n) is 6.98. The largest absolute Gasteiger partial charge is 0.493 e. The van der Waals surface area contributed by atoms with Gasteiger partial charge in [-0.3, -0.25) is 9.59 Å². The van der Waals surface area contributed by atoms with E-state index in [-0.39, 0.29) is 5.91 Å². The van der Waals surface area contributed by atoms with Crippen LogP contribution in [0.5, 0.6) is 5.75 Å². The molecule has 4 heteroatoms. The summed E-state index contributed by atoms with van der Waals surface area (Å²) in [7, 11) is 0. The molecule has 0 unspecified atom stereocenters. The molecule has 1 aromatic carbocycles. The molecular formula is C16H23NO3. The lowest BCUT2D eigenvalue weighted by atomic mass is 9.95. The first-order chi connectivity index (χ1) is 9.41. The van der Waals surface area contributed by atoms with Gasteiger partial charge in [-0.25, -0.2) is 0 Å². The van der Waals surface area contributed by atoms with Gasteiger partial charge in [0, 0.05) is 23.5 Å². The predicted octanol–water partition coefficient (Wildman–Crippen LogP) is 3.44. The standard InChI is InChI=1S/C14H17NO3.C2H6/c1-14(2,3)13(17)15-11-7-12-9(4-5-18-12)6-10(11)8-16;1-2/h6-8H,4-5H2,1-3H3,(H,15,17);1-2H3. The van der Waals surface area contributed by atoms with Crippen molar-refractivity contribution in [2.75, 3.05) is 11.9 Å². The number of anilines is 1. The van der Waals surface area contributed by atoms with Crippen molar-refractivity contribution < 1.29 is 14.3 Å². The van der Waals surface area contributed by atoms with Crippen LogP contribution in [0.2, 0.25) is 0 Å². The van der Waals surface area contributed by atoms with Crippen LogP contribution in [0.3, 0.4) is 0 Å². The van der Waals surface area contributed by atoms with Crippen LogP contribution in [0.1, 0.15) is 50.5 Å². The SMILES string of the molecule is CC.CC(C)(C)C(=O)Nc1cc2c(cc1C=O)CCO2. The molecule has 0 bridgehead atoms. The molecule has 2 rings (SSSR count). The zero-order chi connectivity index (χ0) is 15.3. The monoisotopic (exact) mass is 277 g/mol. The summed E-state index contributed by atoms with van der Waals surface area (Å²) in [6, 6.07) is 3.52. The van der Waals surface area contributed by atoms with Gasteiger partial charge in [-0.1, -0.05) is 34.6 Å². The molecule has 1 aromatic rings. The maximum atomic E-state index is 11.9. The van der Waals surface area contributed by atoms with Crippen molar-refractivity contribution in [1.29, 1.82) is 0 Å². The summed E-state index contributed by atoms with van der Waals surface area (Å²) in [5.41, 5.74) is 1.54. The topological polar surface area (TPSA) is 55.4 Å². The quantitative estimate of drug-likeness (QED) is 0.842. The van der Waals surface area contributed by atoms with Crippen molar-refractivity contribution >= 4 is 17.9 Å². The number of ether oxygens (including phenoxy) is 1. The van der Waals surface area contributed by atoms with Gasteiger partial charge >= 0.3 is 0 Å². The highest BCUT2D eigenvalue weighted by Crippen LogP contribution is 2.31. The minimum atomic E-state index is -0.500. The molecule has 1 heterocycles. The number of amides is 1. The van der Waals surface area contributed by atoms with Gasteiger partial charge in [-0.2, -0.15) is 0 Å². The Labute approximate surface area is 120 Å². The zero-order valence-corrected chi connectivity index (χ0v) is 12.9. The van der Waals surface area contributed by atoms with E-state index in [2.05, 4.69) is 5.32 Å². The van der Waals surface area contributed by atoms with Gasteiger partial charge < -0.3 is 10.1 Å². The molecular weight excluding hydrogens is 254 g/mol. The third-order valence-electron chi connectivity index (χ3n) is 2.92. The lowest BCUT2D eigenvalue weighted by Crippen LogP contribution is -2.28. The van der Waals surface area contributed by atoms with Gasteiger partial charge in [0.2, 0.25) is 5.91 Å². The predicted molar refractivity (Wildman–Crippen MR) is 80.5 cm³/mol. The Morgan fingerprint density at radius 1 is 1.30 bits per heavy atom. The van der Waals surface area contributed by atoms with Gasteiger partial charge in [0.1, 0.15) is 5.75 Å². The van der Waals surface area contributed by atoms with E-state index >= 15 is 0 Å². The van der Waals surface area contributed by atoms with Crippen molar-refractivity contribution in [3.8, 4) is 5.75 Å². The molecule has 4 nitrogen and oxygen atoms in total. The van der Waals surface area contributed by atoms with E-state index in [1.54, 1.807) is 12.1 Å². The highest BCUT2D eigenvalue weighted by Gasteiger charge is 2.23. The number of carbonyl (C=O) groups excluding carboxylic acids is 2. The molecule has 0 spiro atoms. The molecule has 0 aliphatic carbocycles. The van der Waals surface area contributed by atoms with E-state index in [0.717, 1.165) is 24.0 Å². The number of aldehydes is 1. The van der Waals surface area contributed by atoms with Gasteiger partial charge in [0.15, 0.2) is 6.29 Å². The Bertz CT molecular complexity index is 501. The number of fused-ring (bicyclic) bond motifs is 1. The number of carbonyl (C=O) groups is 2. The molecule has 0 saturated carbocycles. The fraction of sp³-hybridized carbons (Fsp3) is 0.500. The molecule has 1 amide bonds. The van der Waals surface area contributed by atoms with Crippen molar-refractivity contribution in [3.05, 3.63) is 23.3 Å². The fourth-order valence-electron chi connectivity index (χ4n) is 1.76. The van der Waals surface area contributed by atoms with Crippen LogP contribution in [0.15, 0.2) is 12.1 Å². The number of nitrogens with one attached hydrogen (secondary N) is 1. The first kappa shape index (κ1) is 16.2. The van der Waals surface area contributed by atoms with Crippen LogP contribution >= 0.6 is 0 Å². The molecule has 1 aliphatic rings. The third-order valence-corrected chi connectivity index (χ3v) is 2.92. The number of rotatable bonds is 2. The second-order valence-electron chi connectivity index (χ2n) is 5.47. The van der Waals surface area contributed by atoms with Gasteiger partial charge in [0.05, 0.1) is 12.3 Å². The van der Waals surface area contributed by atoms with Gasteiger partial charge in [0.25, 0.3) is 0 Å². The average Bonchev–Trinajstić information content (AvgIpc) is 2.86. The average molecular weight is 277 g/mol. The Kier molecular flexibility index (Phi) is 5.31. The molecule has 1 N–H and O–H groups in total. The molecule has 0 saturated heterocycles. The lowest BCUT2D eigenvalue weighted by molar-refractivity contribution is -0.123. The van der Waals surface area contributed by atoms with Crippen LogP contribution in [-0.4, -0.2) is 18.8 Å². The lowest BCUT2D eigenvalue weighted by Gasteiger charge is -2.18. The van der Waals surface area contributed by atoms with Crippen molar-refractivity contribution in [2.45, 2.75) is 41.0 Å².